The third-order valence-electron chi connectivity index (χ3n) is 11.4. The first-order valence-corrected chi connectivity index (χ1v) is 21.4. The lowest BCUT2D eigenvalue weighted by Gasteiger charge is -2.37. The van der Waals surface area contributed by atoms with Crippen molar-refractivity contribution in [3.8, 4) is 5.75 Å². The highest BCUT2D eigenvalue weighted by Gasteiger charge is 2.66. The number of rotatable bonds is 12. The van der Waals surface area contributed by atoms with Gasteiger partial charge in [-0.2, -0.15) is 0 Å². The number of hydrogen-bond donors (Lipinski definition) is 1. The molecule has 3 aliphatic rings. The van der Waals surface area contributed by atoms with Gasteiger partial charge in [0.15, 0.2) is 5.60 Å². The van der Waals surface area contributed by atoms with Crippen LogP contribution in [-0.2, 0) is 37.8 Å². The van der Waals surface area contributed by atoms with E-state index in [1.54, 1.807) is 21.8 Å². The molecule has 2 fully saturated rings. The van der Waals surface area contributed by atoms with E-state index in [-0.39, 0.29) is 55.5 Å². The molecule has 3 aliphatic heterocycles. The molecule has 0 radical (unpaired) electrons. The van der Waals surface area contributed by atoms with Crippen molar-refractivity contribution in [3.05, 3.63) is 120 Å². The van der Waals surface area contributed by atoms with Crippen LogP contribution in [0.4, 0.5) is 16.2 Å². The molecule has 11 heteroatoms. The lowest BCUT2D eigenvalue weighted by Crippen LogP contribution is -2.52. The number of benzene rings is 4. The highest BCUT2D eigenvalue weighted by Crippen LogP contribution is 2.60. The summed E-state index contributed by atoms with van der Waals surface area (Å²) in [5.41, 5.74) is 2.68. The highest BCUT2D eigenvalue weighted by atomic mass is 28.3. The van der Waals surface area contributed by atoms with Crippen LogP contribution >= 0.6 is 0 Å². The van der Waals surface area contributed by atoms with Crippen LogP contribution in [0.2, 0.25) is 18.6 Å². The van der Waals surface area contributed by atoms with Crippen LogP contribution in [0.3, 0.4) is 0 Å². The van der Waals surface area contributed by atoms with E-state index >= 15 is 4.79 Å². The summed E-state index contributed by atoms with van der Waals surface area (Å²) < 4.78 is 17.8. The Morgan fingerprint density at radius 2 is 1.68 bits per heavy atom. The van der Waals surface area contributed by atoms with Gasteiger partial charge in [-0.3, -0.25) is 14.5 Å². The smallest absolute Gasteiger partial charge is 0.414 e. The fourth-order valence-electron chi connectivity index (χ4n) is 8.78. The quantitative estimate of drug-likeness (QED) is 0.183. The fraction of sp³-hybridized carbons (Fsp3) is 0.357. The van der Waals surface area contributed by atoms with Crippen molar-refractivity contribution in [2.24, 2.45) is 5.92 Å². The Bertz CT molecular complexity index is 1970. The van der Waals surface area contributed by atoms with Crippen molar-refractivity contribution in [1.82, 2.24) is 4.90 Å². The molecule has 3 amide bonds. The number of methoxy groups -OCH3 is 1. The molecule has 3 heterocycles. The molecule has 4 atom stereocenters. The number of hydrogen-bond acceptors (Lipinski definition) is 7. The van der Waals surface area contributed by atoms with Crippen molar-refractivity contribution in [3.63, 3.8) is 0 Å². The van der Waals surface area contributed by atoms with E-state index in [1.807, 2.05) is 91.0 Å². The van der Waals surface area contributed by atoms with Crippen LogP contribution in [0, 0.1) is 5.92 Å². The number of ether oxygens (including phenoxy) is 3. The number of cyclic esters (lactones) is 1. The molecule has 0 saturated carbocycles. The number of anilines is 2. The molecule has 2 saturated heterocycles. The Balaban J connectivity index is 1.26. The Hall–Kier alpha value is -4.97. The summed E-state index contributed by atoms with van der Waals surface area (Å²) in [6, 6.07) is 33.4. The number of amides is 3. The minimum absolute atomic E-state index is 0.0690. The SMILES string of the molecule is COc1ccc([Si](C)(C)[C@@H]2[C@@H](CC(=O)N(CCO)Cc3ccccc3)O[C@]3(C(=O)N(Cc4cccc(N5CCOC5=O)c4)c4ccccc43)[C@H]2C)cc1. The topological polar surface area (TPSA) is 109 Å². The number of fused-ring (bicyclic) bond motifs is 2. The maximum absolute atomic E-state index is 15.2. The van der Waals surface area contributed by atoms with Crippen molar-refractivity contribution < 1.29 is 33.7 Å². The van der Waals surface area contributed by atoms with Gasteiger partial charge in [0.25, 0.3) is 5.91 Å². The number of carbonyl (C=O) groups excluding carboxylic acids is 3. The largest absolute Gasteiger partial charge is 0.497 e. The molecule has 10 nitrogen and oxygen atoms in total. The molecule has 4 aromatic rings. The average molecular weight is 734 g/mol. The molecule has 53 heavy (non-hydrogen) atoms. The molecule has 0 aliphatic carbocycles. The third-order valence-corrected chi connectivity index (χ3v) is 15.7. The van der Waals surface area contributed by atoms with Crippen LogP contribution in [-0.4, -0.2) is 75.5 Å². The summed E-state index contributed by atoms with van der Waals surface area (Å²) in [6.45, 7) is 8.17. The molecular weight excluding hydrogens is 687 g/mol. The number of nitrogens with zero attached hydrogens (tertiary/aromatic N) is 3. The zero-order valence-electron chi connectivity index (χ0n) is 30.7. The average Bonchev–Trinajstić information content (AvgIpc) is 3.80. The number of aliphatic hydroxyl groups is 1. The van der Waals surface area contributed by atoms with Crippen LogP contribution in [0.15, 0.2) is 103 Å². The Kier molecular flexibility index (Phi) is 10.2. The van der Waals surface area contributed by atoms with Gasteiger partial charge in [0.05, 0.1) is 53.1 Å². The van der Waals surface area contributed by atoms with Gasteiger partial charge in [0.1, 0.15) is 12.4 Å². The minimum atomic E-state index is -2.49. The van der Waals surface area contributed by atoms with Crippen molar-refractivity contribution in [1.29, 1.82) is 0 Å². The van der Waals surface area contributed by atoms with Gasteiger partial charge in [0, 0.05) is 30.3 Å². The normalized spacial score (nSPS) is 22.3. The predicted molar refractivity (Wildman–Crippen MR) is 206 cm³/mol. The number of aliphatic hydroxyl groups excluding tert-OH is 1. The van der Waals surface area contributed by atoms with Crippen LogP contribution in [0.5, 0.6) is 5.75 Å². The first kappa shape index (κ1) is 36.4. The molecule has 7 rings (SSSR count). The second-order valence-corrected chi connectivity index (χ2v) is 19.4. The summed E-state index contributed by atoms with van der Waals surface area (Å²) >= 11 is 0. The van der Waals surface area contributed by atoms with Gasteiger partial charge in [-0.05, 0) is 47.0 Å². The second-order valence-electron chi connectivity index (χ2n) is 14.7. The Morgan fingerprint density at radius 1 is 0.962 bits per heavy atom. The van der Waals surface area contributed by atoms with Crippen LogP contribution < -0.4 is 19.7 Å². The standard InChI is InChI=1S/C42H47N3O7Si/c1-29-39(53(3,4)34-19-17-33(50-2)18-20-34)37(26-38(47)43(21-23-46)27-30-11-6-5-7-12-30)52-42(29)35-15-8-9-16-36(35)45(40(42)48)28-31-13-10-14-32(25-31)44-22-24-51-41(44)49/h5-20,25,29,37,39,46H,21-24,26-28H2,1-4H3/t29-,37+,39-,42+/m0/s1. The molecule has 1 spiro atoms. The Labute approximate surface area is 311 Å². The van der Waals surface area contributed by atoms with E-state index in [0.717, 1.165) is 33.8 Å². The lowest BCUT2D eigenvalue weighted by atomic mass is 9.82. The van der Waals surface area contributed by atoms with Crippen molar-refractivity contribution >= 4 is 42.5 Å². The summed E-state index contributed by atoms with van der Waals surface area (Å²) in [7, 11) is -0.845. The molecule has 0 aromatic heterocycles. The molecule has 276 valence electrons. The highest BCUT2D eigenvalue weighted by molar-refractivity contribution is 6.91. The Morgan fingerprint density at radius 3 is 2.38 bits per heavy atom. The van der Waals surface area contributed by atoms with E-state index < -0.39 is 19.8 Å². The monoisotopic (exact) mass is 733 g/mol. The van der Waals surface area contributed by atoms with Gasteiger partial charge in [-0.15, -0.1) is 0 Å². The minimum Gasteiger partial charge on any atom is -0.497 e. The van der Waals surface area contributed by atoms with Gasteiger partial charge in [-0.25, -0.2) is 4.79 Å². The first-order valence-electron chi connectivity index (χ1n) is 18.3. The molecule has 1 N–H and O–H groups in total. The van der Waals surface area contributed by atoms with Gasteiger partial charge >= 0.3 is 6.09 Å². The molecule has 0 unspecified atom stereocenters. The molecule has 4 aromatic carbocycles. The van der Waals surface area contributed by atoms with E-state index in [0.29, 0.717) is 19.7 Å². The number of para-hydroxylation sites is 1. The fourth-order valence-corrected chi connectivity index (χ4v) is 12.8. The maximum Gasteiger partial charge on any atom is 0.414 e. The molecule has 0 bridgehead atoms. The van der Waals surface area contributed by atoms with Crippen LogP contribution in [0.25, 0.3) is 0 Å². The zero-order chi connectivity index (χ0) is 37.3. The summed E-state index contributed by atoms with van der Waals surface area (Å²) in [5.74, 6) is 0.191. The van der Waals surface area contributed by atoms with E-state index in [9.17, 15) is 14.7 Å². The van der Waals surface area contributed by atoms with Gasteiger partial charge in [0.2, 0.25) is 5.91 Å². The summed E-state index contributed by atoms with van der Waals surface area (Å²) in [6.07, 6.45) is -0.882. The van der Waals surface area contributed by atoms with E-state index in [1.165, 1.54) is 5.19 Å². The number of carbonyl (C=O) groups is 3. The maximum atomic E-state index is 15.2. The van der Waals surface area contributed by atoms with Crippen molar-refractivity contribution in [2.45, 2.75) is 56.8 Å². The summed E-state index contributed by atoms with van der Waals surface area (Å²) in [4.78, 5) is 46.9. The van der Waals surface area contributed by atoms with Gasteiger partial charge < -0.3 is 29.1 Å². The predicted octanol–water partition coefficient (Wildman–Crippen LogP) is 5.83. The third kappa shape index (κ3) is 6.62. The van der Waals surface area contributed by atoms with E-state index in [2.05, 4.69) is 32.2 Å². The first-order chi connectivity index (χ1) is 25.6. The van der Waals surface area contributed by atoms with Crippen molar-refractivity contribution in [2.75, 3.05) is 43.2 Å². The molecular formula is C42H47N3O7Si. The van der Waals surface area contributed by atoms with Gasteiger partial charge in [-0.1, -0.05) is 98.0 Å². The summed E-state index contributed by atoms with van der Waals surface area (Å²) in [5, 5.41) is 11.2. The zero-order valence-corrected chi connectivity index (χ0v) is 31.7. The lowest BCUT2D eigenvalue weighted by molar-refractivity contribution is -0.150. The van der Waals surface area contributed by atoms with Crippen LogP contribution in [0.1, 0.15) is 30.0 Å². The van der Waals surface area contributed by atoms with E-state index in [4.69, 9.17) is 14.2 Å². The second kappa shape index (κ2) is 14.8.